The lowest BCUT2D eigenvalue weighted by molar-refractivity contribution is 0.356. The van der Waals surface area contributed by atoms with E-state index in [1.807, 2.05) is 0 Å². The minimum atomic E-state index is -1.69. The molecule has 0 amide bonds. The second-order valence-corrected chi connectivity index (χ2v) is 6.47. The van der Waals surface area contributed by atoms with Crippen molar-refractivity contribution in [2.45, 2.75) is 6.54 Å². The van der Waals surface area contributed by atoms with Crippen LogP contribution in [0, 0.1) is 5.82 Å². The molecule has 27 heavy (non-hydrogen) atoms. The van der Waals surface area contributed by atoms with Crippen molar-refractivity contribution in [2.75, 3.05) is 14.2 Å². The van der Waals surface area contributed by atoms with Gasteiger partial charge in [-0.15, -0.1) is 9.86 Å². The smallest absolute Gasteiger partial charge is 0.272 e. The summed E-state index contributed by atoms with van der Waals surface area (Å²) in [5, 5.41) is 12.2. The largest absolute Gasteiger partial charge is 0.579 e. The number of hydrogen-bond donors (Lipinski definition) is 3. The number of rotatable bonds is 6. The van der Waals surface area contributed by atoms with Gasteiger partial charge in [-0.3, -0.25) is 4.79 Å². The van der Waals surface area contributed by atoms with E-state index in [4.69, 9.17) is 14.6 Å². The molecular weight excluding hydrogens is 375 g/mol. The van der Waals surface area contributed by atoms with E-state index >= 15 is 0 Å². The van der Waals surface area contributed by atoms with Crippen molar-refractivity contribution in [3.05, 3.63) is 52.1 Å². The van der Waals surface area contributed by atoms with Gasteiger partial charge in [-0.05, 0) is 29.8 Å². The Balaban J connectivity index is 2.14. The maximum Gasteiger partial charge on any atom is 0.272 e. The number of ether oxygens (including phenoxy) is 2. The van der Waals surface area contributed by atoms with Gasteiger partial charge >= 0.3 is 0 Å². The molecule has 3 aromatic rings. The molecule has 1 unspecified atom stereocenters. The van der Waals surface area contributed by atoms with E-state index in [-0.39, 0.29) is 17.8 Å². The number of benzene rings is 2. The van der Waals surface area contributed by atoms with Crippen LogP contribution in [0.15, 0.2) is 35.1 Å². The minimum absolute atomic E-state index is 0.144. The number of fused-ring (bicyclic) bond motifs is 1. The molecule has 0 saturated carbocycles. The molecule has 0 bridgehead atoms. The lowest BCUT2D eigenvalue weighted by atomic mass is 10.0. The average molecular weight is 392 g/mol. The number of aromatic amines is 1. The van der Waals surface area contributed by atoms with Crippen molar-refractivity contribution >= 4 is 22.3 Å². The number of nitrogens with two attached hydrogens (primary N) is 1. The zero-order valence-electron chi connectivity index (χ0n) is 14.5. The van der Waals surface area contributed by atoms with Gasteiger partial charge in [0.15, 0.2) is 11.5 Å². The first-order valence-corrected chi connectivity index (χ1v) is 8.98. The third-order valence-electron chi connectivity index (χ3n) is 4.00. The van der Waals surface area contributed by atoms with E-state index in [2.05, 4.69) is 14.9 Å². The van der Waals surface area contributed by atoms with Crippen molar-refractivity contribution < 1.29 is 18.4 Å². The molecule has 0 fully saturated rings. The Morgan fingerprint density at radius 3 is 2.48 bits per heavy atom. The first kappa shape index (κ1) is 19.1. The van der Waals surface area contributed by atoms with Crippen LogP contribution in [0.4, 0.5) is 4.39 Å². The summed E-state index contributed by atoms with van der Waals surface area (Å²) in [7, 11) is 2.93. The molecule has 1 atom stereocenters. The molecule has 0 spiro atoms. The lowest BCUT2D eigenvalue weighted by Crippen LogP contribution is -2.30. The van der Waals surface area contributed by atoms with Crippen LogP contribution < -0.4 is 24.9 Å². The first-order chi connectivity index (χ1) is 12.9. The molecule has 0 aliphatic heterocycles. The Bertz CT molecular complexity index is 1040. The SMILES string of the molecule is COc1cc2c(-c3ccc(CN[S+](N)[O-])cc3F)n[nH]c(=O)c2cc1OC. The monoisotopic (exact) mass is 392 g/mol. The van der Waals surface area contributed by atoms with Gasteiger partial charge in [0.05, 0.1) is 26.2 Å². The second-order valence-electron chi connectivity index (χ2n) is 5.59. The second kappa shape index (κ2) is 7.92. The topological polar surface area (TPSA) is 125 Å². The highest BCUT2D eigenvalue weighted by atomic mass is 32.2. The number of halogens is 1. The van der Waals surface area contributed by atoms with Crippen LogP contribution in [0.25, 0.3) is 22.0 Å². The maximum absolute atomic E-state index is 14.7. The summed E-state index contributed by atoms with van der Waals surface area (Å²) in [6.07, 6.45) is 0. The highest BCUT2D eigenvalue weighted by Crippen LogP contribution is 2.35. The van der Waals surface area contributed by atoms with Crippen LogP contribution in [0.5, 0.6) is 11.5 Å². The van der Waals surface area contributed by atoms with Gasteiger partial charge in [0.1, 0.15) is 23.1 Å². The van der Waals surface area contributed by atoms with Crippen molar-refractivity contribution in [1.29, 1.82) is 0 Å². The van der Waals surface area contributed by atoms with E-state index in [0.29, 0.717) is 27.8 Å². The molecule has 0 saturated heterocycles. The predicted octanol–water partition coefficient (Wildman–Crippen LogP) is 1.37. The molecule has 1 heterocycles. The Labute approximate surface area is 156 Å². The predicted molar refractivity (Wildman–Crippen MR) is 100 cm³/mol. The lowest BCUT2D eigenvalue weighted by Gasteiger charge is -2.12. The van der Waals surface area contributed by atoms with Crippen LogP contribution in [0.2, 0.25) is 0 Å². The Morgan fingerprint density at radius 2 is 1.89 bits per heavy atom. The fourth-order valence-corrected chi connectivity index (χ4v) is 3.02. The van der Waals surface area contributed by atoms with Crippen LogP contribution >= 0.6 is 0 Å². The van der Waals surface area contributed by atoms with Crippen molar-refractivity contribution in [3.63, 3.8) is 0 Å². The Morgan fingerprint density at radius 1 is 1.22 bits per heavy atom. The molecule has 0 aliphatic carbocycles. The van der Waals surface area contributed by atoms with E-state index in [1.165, 1.54) is 32.4 Å². The fraction of sp³-hybridized carbons (Fsp3) is 0.176. The molecule has 1 aromatic heterocycles. The van der Waals surface area contributed by atoms with Crippen molar-refractivity contribution in [3.8, 4) is 22.8 Å². The molecule has 3 rings (SSSR count). The third kappa shape index (κ3) is 3.88. The van der Waals surface area contributed by atoms with Crippen molar-refractivity contribution in [1.82, 2.24) is 14.9 Å². The maximum atomic E-state index is 14.7. The summed E-state index contributed by atoms with van der Waals surface area (Å²) in [6.45, 7) is 0.144. The zero-order chi connectivity index (χ0) is 19.6. The van der Waals surface area contributed by atoms with Gasteiger partial charge in [0.25, 0.3) is 5.56 Å². The van der Waals surface area contributed by atoms with Gasteiger partial charge in [0.2, 0.25) is 0 Å². The fourth-order valence-electron chi connectivity index (χ4n) is 2.71. The van der Waals surface area contributed by atoms with Gasteiger partial charge in [-0.25, -0.2) is 9.49 Å². The molecule has 8 nitrogen and oxygen atoms in total. The normalized spacial score (nSPS) is 12.2. The van der Waals surface area contributed by atoms with Crippen LogP contribution in [0.1, 0.15) is 5.56 Å². The summed E-state index contributed by atoms with van der Waals surface area (Å²) in [4.78, 5) is 12.2. The molecule has 142 valence electrons. The van der Waals surface area contributed by atoms with Crippen molar-refractivity contribution in [2.24, 2.45) is 5.14 Å². The van der Waals surface area contributed by atoms with Gasteiger partial charge in [0, 0.05) is 10.9 Å². The first-order valence-electron chi connectivity index (χ1n) is 7.77. The number of nitrogens with zero attached hydrogens (tertiary/aromatic N) is 1. The summed E-state index contributed by atoms with van der Waals surface area (Å²) < 4.78 is 38.6. The molecule has 10 heteroatoms. The number of nitrogens with one attached hydrogen (secondary N) is 2. The van der Waals surface area contributed by atoms with Gasteiger partial charge < -0.3 is 14.0 Å². The molecule has 0 aliphatic rings. The molecule has 4 N–H and O–H groups in total. The molecule has 2 aromatic carbocycles. The highest BCUT2D eigenvalue weighted by molar-refractivity contribution is 7.87. The summed E-state index contributed by atoms with van der Waals surface area (Å²) in [5.74, 6) is 0.224. The zero-order valence-corrected chi connectivity index (χ0v) is 15.4. The molecule has 0 radical (unpaired) electrons. The number of hydrogen-bond acceptors (Lipinski definition) is 7. The highest BCUT2D eigenvalue weighted by Gasteiger charge is 2.17. The van der Waals surface area contributed by atoms with Crippen LogP contribution in [-0.4, -0.2) is 29.0 Å². The van der Waals surface area contributed by atoms with Gasteiger partial charge in [-0.1, -0.05) is 6.07 Å². The summed E-state index contributed by atoms with van der Waals surface area (Å²) >= 11 is -1.69. The summed E-state index contributed by atoms with van der Waals surface area (Å²) in [6, 6.07) is 7.57. The van der Waals surface area contributed by atoms with Crippen LogP contribution in [0.3, 0.4) is 0 Å². The minimum Gasteiger partial charge on any atom is -0.579 e. The van der Waals surface area contributed by atoms with E-state index in [1.54, 1.807) is 12.1 Å². The third-order valence-corrected chi connectivity index (χ3v) is 4.43. The van der Waals surface area contributed by atoms with Gasteiger partial charge in [-0.2, -0.15) is 5.10 Å². The standard InChI is InChI=1S/C17H17FN4O4S/c1-25-14-6-11-12(7-15(14)26-2)17(23)22-21-16(11)10-4-3-9(5-13(10)18)8-20-27(19)24/h3-7,20H,8,19H2,1-2H3,(H,22,23). The van der Waals surface area contributed by atoms with E-state index < -0.39 is 22.9 Å². The number of H-pyrrole nitrogens is 1. The average Bonchev–Trinajstić information content (AvgIpc) is 2.66. The Kier molecular flexibility index (Phi) is 5.61. The molecular formula is C17H17FN4O4S. The number of aromatic nitrogens is 2. The van der Waals surface area contributed by atoms with Crippen LogP contribution in [-0.2, 0) is 18.1 Å². The Hall–Kier alpha value is -2.66. The van der Waals surface area contributed by atoms with E-state index in [9.17, 15) is 13.7 Å². The quantitative estimate of drug-likeness (QED) is 0.541. The van der Waals surface area contributed by atoms with E-state index in [0.717, 1.165) is 0 Å². The number of methoxy groups -OCH3 is 2. The summed E-state index contributed by atoms with van der Waals surface area (Å²) in [5.41, 5.74) is 0.579.